The lowest BCUT2D eigenvalue weighted by Gasteiger charge is -2.10. The molecule has 0 fully saturated rings. The molecule has 33 heavy (non-hydrogen) atoms. The Balaban J connectivity index is 1.50. The van der Waals surface area contributed by atoms with Crippen LogP contribution in [0.15, 0.2) is 87.5 Å². The van der Waals surface area contributed by atoms with E-state index in [1.165, 1.54) is 18.0 Å². The lowest BCUT2D eigenvalue weighted by atomic mass is 10.2. The van der Waals surface area contributed by atoms with Crippen LogP contribution in [-0.2, 0) is 4.79 Å². The molecule has 0 unspecified atom stereocenters. The van der Waals surface area contributed by atoms with Gasteiger partial charge in [-0.3, -0.25) is 9.36 Å². The Kier molecular flexibility index (Phi) is 7.82. The molecule has 6 nitrogen and oxygen atoms in total. The van der Waals surface area contributed by atoms with Crippen molar-refractivity contribution in [1.82, 2.24) is 20.2 Å². The Hall–Kier alpha value is -2.65. The lowest BCUT2D eigenvalue weighted by Crippen LogP contribution is -2.20. The molecule has 0 saturated heterocycles. The number of rotatable bonds is 7. The Bertz CT molecular complexity index is 1300. The Morgan fingerprint density at radius 3 is 2.55 bits per heavy atom. The van der Waals surface area contributed by atoms with Crippen LogP contribution >= 0.6 is 50.9 Å². The molecule has 0 bridgehead atoms. The molecular weight excluding hydrogens is 545 g/mol. The van der Waals surface area contributed by atoms with Gasteiger partial charge in [0.15, 0.2) is 11.0 Å². The first-order chi connectivity index (χ1) is 16.0. The number of aromatic nitrogens is 3. The van der Waals surface area contributed by atoms with Gasteiger partial charge in [0, 0.05) is 21.3 Å². The fraction of sp³-hybridized carbons (Fsp3) is 0.0435. The van der Waals surface area contributed by atoms with Gasteiger partial charge in [0.1, 0.15) is 0 Å². The van der Waals surface area contributed by atoms with Crippen LogP contribution in [0.5, 0.6) is 0 Å². The zero-order chi connectivity index (χ0) is 23.2. The van der Waals surface area contributed by atoms with Crippen molar-refractivity contribution in [2.24, 2.45) is 5.10 Å². The highest BCUT2D eigenvalue weighted by Gasteiger charge is 2.17. The smallest absolute Gasteiger partial charge is 0.250 e. The van der Waals surface area contributed by atoms with Gasteiger partial charge in [0.05, 0.1) is 22.0 Å². The molecule has 1 amide bonds. The standard InChI is InChI=1S/C23H16BrCl2N5OS/c24-17-11-9-15(10-12-17)22-29-30-23(31(22)18-6-2-1-3-7-18)33-14-20(32)28-27-13-16-5-4-8-19(25)21(16)26/h1-13H,14H2,(H,28,32)/b27-13+. The largest absolute Gasteiger partial charge is 0.272 e. The molecule has 1 heterocycles. The van der Waals surface area contributed by atoms with Crippen LogP contribution < -0.4 is 5.43 Å². The molecule has 0 saturated carbocycles. The molecule has 1 N–H and O–H groups in total. The monoisotopic (exact) mass is 559 g/mol. The molecule has 0 atom stereocenters. The number of amides is 1. The summed E-state index contributed by atoms with van der Waals surface area (Å²) in [7, 11) is 0. The predicted molar refractivity (Wildman–Crippen MR) is 137 cm³/mol. The molecule has 0 aliphatic heterocycles. The summed E-state index contributed by atoms with van der Waals surface area (Å²) in [4.78, 5) is 12.4. The second-order valence-corrected chi connectivity index (χ2v) is 9.35. The average Bonchev–Trinajstić information content (AvgIpc) is 3.25. The van der Waals surface area contributed by atoms with Gasteiger partial charge in [-0.15, -0.1) is 10.2 Å². The summed E-state index contributed by atoms with van der Waals surface area (Å²) >= 11 is 16.8. The maximum Gasteiger partial charge on any atom is 0.250 e. The number of para-hydroxylation sites is 1. The molecule has 0 spiro atoms. The minimum absolute atomic E-state index is 0.103. The average molecular weight is 561 g/mol. The van der Waals surface area contributed by atoms with Gasteiger partial charge in [-0.1, -0.05) is 93.4 Å². The van der Waals surface area contributed by atoms with E-state index in [1.807, 2.05) is 59.2 Å². The van der Waals surface area contributed by atoms with Crippen molar-refractivity contribution in [1.29, 1.82) is 0 Å². The number of halogens is 3. The fourth-order valence-electron chi connectivity index (χ4n) is 2.92. The number of thioether (sulfide) groups is 1. The SMILES string of the molecule is O=C(CSc1nnc(-c2ccc(Br)cc2)n1-c1ccccc1)N/N=C/c1cccc(Cl)c1Cl. The second kappa shape index (κ2) is 11.0. The minimum atomic E-state index is -0.290. The molecule has 166 valence electrons. The summed E-state index contributed by atoms with van der Waals surface area (Å²) in [5.41, 5.74) is 4.92. The summed E-state index contributed by atoms with van der Waals surface area (Å²) in [6.07, 6.45) is 1.45. The van der Waals surface area contributed by atoms with Gasteiger partial charge in [-0.2, -0.15) is 5.10 Å². The van der Waals surface area contributed by atoms with E-state index in [2.05, 4.69) is 36.7 Å². The van der Waals surface area contributed by atoms with Crippen molar-refractivity contribution >= 4 is 63.0 Å². The molecule has 0 aliphatic rings. The van der Waals surface area contributed by atoms with Gasteiger partial charge in [0.2, 0.25) is 0 Å². The number of nitrogens with zero attached hydrogens (tertiary/aromatic N) is 4. The van der Waals surface area contributed by atoms with Crippen LogP contribution in [0.25, 0.3) is 17.1 Å². The highest BCUT2D eigenvalue weighted by atomic mass is 79.9. The number of hydrogen-bond acceptors (Lipinski definition) is 5. The number of hydrazone groups is 1. The normalized spacial score (nSPS) is 11.1. The van der Waals surface area contributed by atoms with Crippen LogP contribution in [0.2, 0.25) is 10.0 Å². The van der Waals surface area contributed by atoms with Crippen LogP contribution in [0, 0.1) is 0 Å². The summed E-state index contributed by atoms with van der Waals surface area (Å²) in [5, 5.41) is 14.1. The topological polar surface area (TPSA) is 72.2 Å². The van der Waals surface area contributed by atoms with Gasteiger partial charge in [-0.05, 0) is 30.3 Å². The van der Waals surface area contributed by atoms with Crippen molar-refractivity contribution in [3.63, 3.8) is 0 Å². The quantitative estimate of drug-likeness (QED) is 0.165. The molecule has 0 aliphatic carbocycles. The van der Waals surface area contributed by atoms with Crippen molar-refractivity contribution in [2.45, 2.75) is 5.16 Å². The number of carbonyl (C=O) groups is 1. The molecule has 4 rings (SSSR count). The summed E-state index contributed by atoms with van der Waals surface area (Å²) in [6, 6.07) is 22.8. The Morgan fingerprint density at radius 1 is 1.03 bits per heavy atom. The number of hydrogen-bond donors (Lipinski definition) is 1. The maximum absolute atomic E-state index is 12.4. The highest BCUT2D eigenvalue weighted by Crippen LogP contribution is 2.28. The second-order valence-electron chi connectivity index (χ2n) is 6.71. The molecule has 1 aromatic heterocycles. The Labute approximate surface area is 213 Å². The van der Waals surface area contributed by atoms with E-state index < -0.39 is 0 Å². The van der Waals surface area contributed by atoms with Gasteiger partial charge >= 0.3 is 0 Å². The van der Waals surface area contributed by atoms with Crippen molar-refractivity contribution in [3.8, 4) is 17.1 Å². The first-order valence-corrected chi connectivity index (χ1v) is 12.2. The van der Waals surface area contributed by atoms with Crippen LogP contribution in [-0.4, -0.2) is 32.6 Å². The van der Waals surface area contributed by atoms with Gasteiger partial charge in [-0.25, -0.2) is 5.43 Å². The van der Waals surface area contributed by atoms with E-state index in [4.69, 9.17) is 23.2 Å². The van der Waals surface area contributed by atoms with Crippen LogP contribution in [0.3, 0.4) is 0 Å². The summed E-state index contributed by atoms with van der Waals surface area (Å²) in [5.74, 6) is 0.499. The lowest BCUT2D eigenvalue weighted by molar-refractivity contribution is -0.118. The molecule has 3 aromatic carbocycles. The number of nitrogens with one attached hydrogen (secondary N) is 1. The van der Waals surface area contributed by atoms with E-state index in [1.54, 1.807) is 18.2 Å². The van der Waals surface area contributed by atoms with Crippen molar-refractivity contribution in [2.75, 3.05) is 5.75 Å². The van der Waals surface area contributed by atoms with Crippen molar-refractivity contribution in [3.05, 3.63) is 92.9 Å². The number of benzene rings is 3. The third-order valence-electron chi connectivity index (χ3n) is 4.46. The number of carbonyl (C=O) groups excluding carboxylic acids is 1. The highest BCUT2D eigenvalue weighted by molar-refractivity contribution is 9.10. The third-order valence-corrected chi connectivity index (χ3v) is 6.75. The van der Waals surface area contributed by atoms with E-state index in [0.29, 0.717) is 26.6 Å². The predicted octanol–water partition coefficient (Wildman–Crippen LogP) is 6.25. The van der Waals surface area contributed by atoms with E-state index in [9.17, 15) is 4.79 Å². The third kappa shape index (κ3) is 5.83. The van der Waals surface area contributed by atoms with Gasteiger partial charge in [0.25, 0.3) is 5.91 Å². The minimum Gasteiger partial charge on any atom is -0.272 e. The molecule has 0 radical (unpaired) electrons. The van der Waals surface area contributed by atoms with E-state index in [-0.39, 0.29) is 11.7 Å². The summed E-state index contributed by atoms with van der Waals surface area (Å²) < 4.78 is 2.90. The first kappa shape index (κ1) is 23.5. The van der Waals surface area contributed by atoms with Gasteiger partial charge < -0.3 is 0 Å². The molecule has 10 heteroatoms. The van der Waals surface area contributed by atoms with Crippen LogP contribution in [0.1, 0.15) is 5.56 Å². The van der Waals surface area contributed by atoms with E-state index >= 15 is 0 Å². The zero-order valence-electron chi connectivity index (χ0n) is 17.0. The molecule has 4 aromatic rings. The Morgan fingerprint density at radius 2 is 1.79 bits per heavy atom. The van der Waals surface area contributed by atoms with Crippen LogP contribution in [0.4, 0.5) is 0 Å². The van der Waals surface area contributed by atoms with Crippen molar-refractivity contribution < 1.29 is 4.79 Å². The first-order valence-electron chi connectivity index (χ1n) is 9.68. The van der Waals surface area contributed by atoms with E-state index in [0.717, 1.165) is 15.7 Å². The summed E-state index contributed by atoms with van der Waals surface area (Å²) in [6.45, 7) is 0. The maximum atomic E-state index is 12.4. The fourth-order valence-corrected chi connectivity index (χ4v) is 4.28. The molecular formula is C23H16BrCl2N5OS. The zero-order valence-corrected chi connectivity index (χ0v) is 20.9.